The molecule has 0 aliphatic rings. The van der Waals surface area contributed by atoms with Crippen molar-refractivity contribution in [2.75, 3.05) is 13.1 Å². The Morgan fingerprint density at radius 1 is 1.00 bits per heavy atom. The van der Waals surface area contributed by atoms with Crippen molar-refractivity contribution in [1.82, 2.24) is 20.4 Å². The SMILES string of the molecule is Cc1c(C(=O)NCCNC(=O)c2ccccc2)cnn1-c1cccc(Cl)c1. The van der Waals surface area contributed by atoms with Gasteiger partial charge in [0.05, 0.1) is 23.1 Å². The number of benzene rings is 2. The summed E-state index contributed by atoms with van der Waals surface area (Å²) in [6.07, 6.45) is 1.52. The maximum absolute atomic E-state index is 12.4. The first kappa shape index (κ1) is 18.7. The lowest BCUT2D eigenvalue weighted by molar-refractivity contribution is 0.0927. The van der Waals surface area contributed by atoms with Gasteiger partial charge in [0.15, 0.2) is 0 Å². The molecule has 0 saturated heterocycles. The summed E-state index contributed by atoms with van der Waals surface area (Å²) in [6.45, 7) is 2.47. The number of hydrogen-bond acceptors (Lipinski definition) is 3. The van der Waals surface area contributed by atoms with E-state index in [0.29, 0.717) is 34.9 Å². The van der Waals surface area contributed by atoms with Crippen molar-refractivity contribution in [2.45, 2.75) is 6.92 Å². The fourth-order valence-electron chi connectivity index (χ4n) is 2.64. The predicted molar refractivity (Wildman–Crippen MR) is 104 cm³/mol. The number of nitrogens with one attached hydrogen (secondary N) is 2. The summed E-state index contributed by atoms with van der Waals surface area (Å²) in [5.74, 6) is -0.412. The zero-order valence-corrected chi connectivity index (χ0v) is 15.5. The molecular formula is C20H19ClN4O2. The number of rotatable bonds is 6. The highest BCUT2D eigenvalue weighted by Gasteiger charge is 2.15. The smallest absolute Gasteiger partial charge is 0.254 e. The van der Waals surface area contributed by atoms with Crippen molar-refractivity contribution in [2.24, 2.45) is 0 Å². The van der Waals surface area contributed by atoms with E-state index in [-0.39, 0.29) is 11.8 Å². The van der Waals surface area contributed by atoms with Gasteiger partial charge in [0.25, 0.3) is 11.8 Å². The molecule has 3 aromatic rings. The van der Waals surface area contributed by atoms with Crippen molar-refractivity contribution in [3.05, 3.63) is 82.6 Å². The standard InChI is InChI=1S/C20H19ClN4O2/c1-14-18(13-24-25(14)17-9-5-8-16(21)12-17)20(27)23-11-10-22-19(26)15-6-3-2-4-7-15/h2-9,12-13H,10-11H2,1H3,(H,22,26)(H,23,27). The first-order valence-corrected chi connectivity index (χ1v) is 8.86. The van der Waals surface area contributed by atoms with Crippen LogP contribution >= 0.6 is 11.6 Å². The molecule has 0 radical (unpaired) electrons. The molecule has 0 bridgehead atoms. The van der Waals surface area contributed by atoms with Gasteiger partial charge in [-0.15, -0.1) is 0 Å². The summed E-state index contributed by atoms with van der Waals surface area (Å²) in [5, 5.41) is 10.4. The van der Waals surface area contributed by atoms with Crippen LogP contribution in [0.3, 0.4) is 0 Å². The molecule has 2 amide bonds. The van der Waals surface area contributed by atoms with Gasteiger partial charge in [-0.05, 0) is 37.3 Å². The van der Waals surface area contributed by atoms with Gasteiger partial charge in [0.1, 0.15) is 0 Å². The molecule has 0 unspecified atom stereocenters. The zero-order valence-electron chi connectivity index (χ0n) is 14.8. The summed E-state index contributed by atoms with van der Waals surface area (Å²) < 4.78 is 1.66. The third-order valence-electron chi connectivity index (χ3n) is 4.04. The highest BCUT2D eigenvalue weighted by molar-refractivity contribution is 6.30. The third kappa shape index (κ3) is 4.54. The van der Waals surface area contributed by atoms with E-state index in [1.165, 1.54) is 6.20 Å². The van der Waals surface area contributed by atoms with Crippen LogP contribution in [0.4, 0.5) is 0 Å². The molecule has 2 N–H and O–H groups in total. The number of halogens is 1. The highest BCUT2D eigenvalue weighted by atomic mass is 35.5. The largest absolute Gasteiger partial charge is 0.350 e. The lowest BCUT2D eigenvalue weighted by Gasteiger charge is -2.08. The van der Waals surface area contributed by atoms with Crippen LogP contribution in [0.2, 0.25) is 5.02 Å². The highest BCUT2D eigenvalue weighted by Crippen LogP contribution is 2.17. The van der Waals surface area contributed by atoms with Crippen molar-refractivity contribution in [3.63, 3.8) is 0 Å². The van der Waals surface area contributed by atoms with Crippen LogP contribution < -0.4 is 10.6 Å². The van der Waals surface area contributed by atoms with E-state index in [0.717, 1.165) is 5.69 Å². The molecule has 3 rings (SSSR count). The Kier molecular flexibility index (Phi) is 5.88. The first-order chi connectivity index (χ1) is 13.1. The van der Waals surface area contributed by atoms with Gasteiger partial charge in [0, 0.05) is 23.7 Å². The van der Waals surface area contributed by atoms with Gasteiger partial charge >= 0.3 is 0 Å². The minimum absolute atomic E-state index is 0.171. The normalized spacial score (nSPS) is 10.4. The summed E-state index contributed by atoms with van der Waals surface area (Å²) in [6, 6.07) is 16.2. The fraction of sp³-hybridized carbons (Fsp3) is 0.150. The molecule has 0 spiro atoms. The molecule has 0 aliphatic heterocycles. The van der Waals surface area contributed by atoms with Crippen LogP contribution in [0.25, 0.3) is 5.69 Å². The number of amides is 2. The summed E-state index contributed by atoms with van der Waals surface area (Å²) in [7, 11) is 0. The molecule has 0 aliphatic carbocycles. The van der Waals surface area contributed by atoms with E-state index in [2.05, 4.69) is 15.7 Å². The summed E-state index contributed by atoms with van der Waals surface area (Å²) in [4.78, 5) is 24.3. The molecule has 138 valence electrons. The van der Waals surface area contributed by atoms with Gasteiger partial charge < -0.3 is 10.6 Å². The number of aromatic nitrogens is 2. The van der Waals surface area contributed by atoms with E-state index >= 15 is 0 Å². The second-order valence-corrected chi connectivity index (χ2v) is 6.35. The molecule has 0 atom stereocenters. The van der Waals surface area contributed by atoms with Gasteiger partial charge in [0.2, 0.25) is 0 Å². The maximum Gasteiger partial charge on any atom is 0.254 e. The number of carbonyl (C=O) groups excluding carboxylic acids is 2. The molecule has 27 heavy (non-hydrogen) atoms. The molecule has 0 saturated carbocycles. The lowest BCUT2D eigenvalue weighted by atomic mass is 10.2. The predicted octanol–water partition coefficient (Wildman–Crippen LogP) is 2.99. The molecular weight excluding hydrogens is 364 g/mol. The van der Waals surface area contributed by atoms with E-state index in [1.54, 1.807) is 41.1 Å². The Hall–Kier alpha value is -3.12. The molecule has 7 heteroatoms. The maximum atomic E-state index is 12.4. The minimum atomic E-state index is -0.241. The Bertz CT molecular complexity index is 954. The Balaban J connectivity index is 1.55. The summed E-state index contributed by atoms with van der Waals surface area (Å²) in [5.41, 5.74) is 2.56. The van der Waals surface area contributed by atoms with E-state index in [1.807, 2.05) is 25.1 Å². The van der Waals surface area contributed by atoms with Crippen molar-refractivity contribution in [1.29, 1.82) is 0 Å². The van der Waals surface area contributed by atoms with Crippen LogP contribution in [0, 0.1) is 6.92 Å². The van der Waals surface area contributed by atoms with E-state index in [9.17, 15) is 9.59 Å². The molecule has 1 aromatic heterocycles. The molecule has 0 fully saturated rings. The Morgan fingerprint density at radius 2 is 1.70 bits per heavy atom. The number of carbonyl (C=O) groups is 2. The monoisotopic (exact) mass is 382 g/mol. The van der Waals surface area contributed by atoms with Crippen LogP contribution in [-0.2, 0) is 0 Å². The average molecular weight is 383 g/mol. The van der Waals surface area contributed by atoms with E-state index < -0.39 is 0 Å². The fourth-order valence-corrected chi connectivity index (χ4v) is 2.82. The molecule has 1 heterocycles. The van der Waals surface area contributed by atoms with Crippen molar-refractivity contribution >= 4 is 23.4 Å². The summed E-state index contributed by atoms with van der Waals surface area (Å²) >= 11 is 6.02. The van der Waals surface area contributed by atoms with Gasteiger partial charge in [-0.1, -0.05) is 35.9 Å². The van der Waals surface area contributed by atoms with E-state index in [4.69, 9.17) is 11.6 Å². The van der Waals surface area contributed by atoms with Crippen molar-refractivity contribution in [3.8, 4) is 5.69 Å². The van der Waals surface area contributed by atoms with Crippen LogP contribution in [0.15, 0.2) is 60.8 Å². The second-order valence-electron chi connectivity index (χ2n) is 5.91. The van der Waals surface area contributed by atoms with Gasteiger partial charge in [-0.2, -0.15) is 5.10 Å². The minimum Gasteiger partial charge on any atom is -0.350 e. The second kappa shape index (κ2) is 8.51. The van der Waals surface area contributed by atoms with Gasteiger partial charge in [-0.25, -0.2) is 4.68 Å². The van der Waals surface area contributed by atoms with Crippen LogP contribution in [-0.4, -0.2) is 34.7 Å². The number of hydrogen-bond donors (Lipinski definition) is 2. The average Bonchev–Trinajstić information content (AvgIpc) is 3.07. The molecule has 2 aromatic carbocycles. The van der Waals surface area contributed by atoms with Crippen LogP contribution in [0.1, 0.15) is 26.4 Å². The first-order valence-electron chi connectivity index (χ1n) is 8.48. The zero-order chi connectivity index (χ0) is 19.2. The topological polar surface area (TPSA) is 76.0 Å². The van der Waals surface area contributed by atoms with Crippen molar-refractivity contribution < 1.29 is 9.59 Å². The lowest BCUT2D eigenvalue weighted by Crippen LogP contribution is -2.34. The Labute approximate surface area is 162 Å². The van der Waals surface area contributed by atoms with Crippen LogP contribution in [0.5, 0.6) is 0 Å². The Morgan fingerprint density at radius 3 is 2.41 bits per heavy atom. The quantitative estimate of drug-likeness (QED) is 0.643. The molecule has 6 nitrogen and oxygen atoms in total. The number of nitrogens with zero attached hydrogens (tertiary/aromatic N) is 2. The third-order valence-corrected chi connectivity index (χ3v) is 4.27. The van der Waals surface area contributed by atoms with Gasteiger partial charge in [-0.3, -0.25) is 9.59 Å².